The zero-order valence-electron chi connectivity index (χ0n) is 20.0. The summed E-state index contributed by atoms with van der Waals surface area (Å²) < 4.78 is 13.1. The Labute approximate surface area is 186 Å². The van der Waals surface area contributed by atoms with E-state index in [1.165, 1.54) is 0 Å². The topological polar surface area (TPSA) is 61.2 Å². The van der Waals surface area contributed by atoms with E-state index in [1.807, 2.05) is 6.92 Å². The summed E-state index contributed by atoms with van der Waals surface area (Å²) in [6.45, 7) is 15.5. The van der Waals surface area contributed by atoms with Crippen LogP contribution in [-0.2, 0) is 9.47 Å². The number of aryl methyl sites for hydroxylation is 2. The van der Waals surface area contributed by atoms with Gasteiger partial charge in [0.2, 0.25) is 0 Å². The molecule has 6 nitrogen and oxygen atoms in total. The molecule has 0 aliphatic carbocycles. The minimum absolute atomic E-state index is 0.246. The number of anilines is 1. The van der Waals surface area contributed by atoms with Crippen molar-refractivity contribution in [2.75, 3.05) is 38.8 Å². The lowest BCUT2D eigenvalue weighted by molar-refractivity contribution is 0.158. The number of fused-ring (bicyclic) bond motifs is 1. The number of methoxy groups -OCH3 is 1. The maximum Gasteiger partial charge on any atom is 0.135 e. The summed E-state index contributed by atoms with van der Waals surface area (Å²) in [5.74, 6) is 1.22. The van der Waals surface area contributed by atoms with Gasteiger partial charge in [0.15, 0.2) is 0 Å². The van der Waals surface area contributed by atoms with Gasteiger partial charge < -0.3 is 19.4 Å². The standard InChI is InChI=1S/C25H36N4O2/c1-8-31-12-11-26-25-20(9-10-21(27-25)16(2)3)23-17(4)13-22-24(28-23)18(5)14-29(22)19(6)15-30-7/h9-10,13-14,16,19H,8,11-12,15H2,1-7H3,(H,26,27). The average Bonchev–Trinajstić information content (AvgIpc) is 3.06. The lowest BCUT2D eigenvalue weighted by Crippen LogP contribution is -2.12. The van der Waals surface area contributed by atoms with E-state index in [0.717, 1.165) is 44.9 Å². The molecule has 3 heterocycles. The van der Waals surface area contributed by atoms with Crippen molar-refractivity contribution in [3.8, 4) is 11.3 Å². The van der Waals surface area contributed by atoms with Crippen LogP contribution >= 0.6 is 0 Å². The molecule has 0 saturated carbocycles. The number of hydrogen-bond donors (Lipinski definition) is 1. The van der Waals surface area contributed by atoms with Crippen molar-refractivity contribution in [1.82, 2.24) is 14.5 Å². The van der Waals surface area contributed by atoms with E-state index in [4.69, 9.17) is 19.4 Å². The van der Waals surface area contributed by atoms with E-state index in [-0.39, 0.29) is 6.04 Å². The molecule has 1 unspecified atom stereocenters. The molecule has 168 valence electrons. The lowest BCUT2D eigenvalue weighted by Gasteiger charge is -2.17. The van der Waals surface area contributed by atoms with Crippen LogP contribution in [0.2, 0.25) is 0 Å². The highest BCUT2D eigenvalue weighted by molar-refractivity contribution is 5.86. The van der Waals surface area contributed by atoms with Crippen molar-refractivity contribution in [2.45, 2.75) is 53.5 Å². The van der Waals surface area contributed by atoms with Crippen LogP contribution in [0.25, 0.3) is 22.3 Å². The van der Waals surface area contributed by atoms with Gasteiger partial charge in [0.05, 0.1) is 36.0 Å². The van der Waals surface area contributed by atoms with Crippen LogP contribution in [0.3, 0.4) is 0 Å². The fraction of sp³-hybridized carbons (Fsp3) is 0.520. The third-order valence-electron chi connectivity index (χ3n) is 5.57. The second kappa shape index (κ2) is 10.2. The van der Waals surface area contributed by atoms with Crippen LogP contribution < -0.4 is 5.32 Å². The summed E-state index contributed by atoms with van der Waals surface area (Å²) in [6.07, 6.45) is 2.17. The lowest BCUT2D eigenvalue weighted by atomic mass is 10.0. The summed E-state index contributed by atoms with van der Waals surface area (Å²) in [5, 5.41) is 3.47. The molecule has 0 saturated heterocycles. The van der Waals surface area contributed by atoms with Crippen LogP contribution in [0.5, 0.6) is 0 Å². The molecule has 6 heteroatoms. The summed E-state index contributed by atoms with van der Waals surface area (Å²) in [7, 11) is 1.74. The summed E-state index contributed by atoms with van der Waals surface area (Å²) >= 11 is 0. The van der Waals surface area contributed by atoms with E-state index < -0.39 is 0 Å². The Hall–Kier alpha value is -2.44. The summed E-state index contributed by atoms with van der Waals surface area (Å²) in [4.78, 5) is 10.0. The quantitative estimate of drug-likeness (QED) is 0.436. The Morgan fingerprint density at radius 2 is 1.87 bits per heavy atom. The molecule has 0 fully saturated rings. The third-order valence-corrected chi connectivity index (χ3v) is 5.57. The molecule has 0 aliphatic rings. The van der Waals surface area contributed by atoms with Crippen molar-refractivity contribution < 1.29 is 9.47 Å². The smallest absolute Gasteiger partial charge is 0.135 e. The van der Waals surface area contributed by atoms with Crippen molar-refractivity contribution in [1.29, 1.82) is 0 Å². The second-order valence-corrected chi connectivity index (χ2v) is 8.46. The molecule has 0 amide bonds. The van der Waals surface area contributed by atoms with E-state index in [9.17, 15) is 0 Å². The molecule has 0 radical (unpaired) electrons. The van der Waals surface area contributed by atoms with Gasteiger partial charge >= 0.3 is 0 Å². The number of nitrogens with one attached hydrogen (secondary N) is 1. The zero-order chi connectivity index (χ0) is 22.5. The Morgan fingerprint density at radius 3 is 2.55 bits per heavy atom. The van der Waals surface area contributed by atoms with Gasteiger partial charge in [-0.15, -0.1) is 0 Å². The van der Waals surface area contributed by atoms with Crippen LogP contribution in [-0.4, -0.2) is 48.0 Å². The molecule has 0 spiro atoms. The van der Waals surface area contributed by atoms with Crippen LogP contribution in [0.1, 0.15) is 56.5 Å². The van der Waals surface area contributed by atoms with Crippen molar-refractivity contribution in [2.24, 2.45) is 0 Å². The fourth-order valence-electron chi connectivity index (χ4n) is 3.89. The SMILES string of the molecule is CCOCCNc1nc(C(C)C)ccc1-c1nc2c(C)cn(C(C)COC)c2cc1C. The largest absolute Gasteiger partial charge is 0.383 e. The number of rotatable bonds is 10. The van der Waals surface area contributed by atoms with Crippen molar-refractivity contribution in [3.63, 3.8) is 0 Å². The molecule has 31 heavy (non-hydrogen) atoms. The highest BCUT2D eigenvalue weighted by Gasteiger charge is 2.18. The monoisotopic (exact) mass is 424 g/mol. The van der Waals surface area contributed by atoms with E-state index in [1.54, 1.807) is 7.11 Å². The number of pyridine rings is 2. The van der Waals surface area contributed by atoms with E-state index >= 15 is 0 Å². The van der Waals surface area contributed by atoms with Gasteiger partial charge in [-0.05, 0) is 62.9 Å². The van der Waals surface area contributed by atoms with Crippen LogP contribution in [0.4, 0.5) is 5.82 Å². The Morgan fingerprint density at radius 1 is 1.10 bits per heavy atom. The highest BCUT2D eigenvalue weighted by atomic mass is 16.5. The van der Waals surface area contributed by atoms with Crippen LogP contribution in [0, 0.1) is 13.8 Å². The van der Waals surface area contributed by atoms with Crippen LogP contribution in [0.15, 0.2) is 24.4 Å². The summed E-state index contributed by atoms with van der Waals surface area (Å²) in [6, 6.07) is 6.73. The second-order valence-electron chi connectivity index (χ2n) is 8.46. The fourth-order valence-corrected chi connectivity index (χ4v) is 3.89. The highest BCUT2D eigenvalue weighted by Crippen LogP contribution is 2.33. The first kappa shape index (κ1) is 23.2. The van der Waals surface area contributed by atoms with Gasteiger partial charge in [-0.1, -0.05) is 13.8 Å². The average molecular weight is 425 g/mol. The molecule has 1 N–H and O–H groups in total. The summed E-state index contributed by atoms with van der Waals surface area (Å²) in [5.41, 5.74) is 7.52. The van der Waals surface area contributed by atoms with Gasteiger partial charge in [-0.3, -0.25) is 0 Å². The maximum atomic E-state index is 5.50. The molecule has 0 aliphatic heterocycles. The molecular weight excluding hydrogens is 388 g/mol. The number of ether oxygens (including phenoxy) is 2. The molecule has 3 aromatic heterocycles. The van der Waals surface area contributed by atoms with E-state index in [0.29, 0.717) is 32.3 Å². The predicted molar refractivity (Wildman–Crippen MR) is 128 cm³/mol. The molecule has 3 aromatic rings. The number of aromatic nitrogens is 3. The third kappa shape index (κ3) is 5.08. The molecule has 0 bridgehead atoms. The predicted octanol–water partition coefficient (Wildman–Crippen LogP) is 5.49. The van der Waals surface area contributed by atoms with Gasteiger partial charge in [0.1, 0.15) is 5.82 Å². The van der Waals surface area contributed by atoms with Gasteiger partial charge in [-0.2, -0.15) is 0 Å². The number of nitrogens with zero attached hydrogens (tertiary/aromatic N) is 3. The Balaban J connectivity index is 2.07. The minimum atomic E-state index is 0.246. The van der Waals surface area contributed by atoms with Crippen molar-refractivity contribution >= 4 is 16.9 Å². The Bertz CT molecular complexity index is 1030. The molecular formula is C25H36N4O2. The first-order valence-corrected chi connectivity index (χ1v) is 11.2. The normalized spacial score (nSPS) is 12.6. The minimum Gasteiger partial charge on any atom is -0.383 e. The maximum absolute atomic E-state index is 5.50. The Kier molecular flexibility index (Phi) is 7.68. The first-order valence-electron chi connectivity index (χ1n) is 11.2. The van der Waals surface area contributed by atoms with Gasteiger partial charge in [0.25, 0.3) is 0 Å². The van der Waals surface area contributed by atoms with Gasteiger partial charge in [0, 0.05) is 37.7 Å². The zero-order valence-corrected chi connectivity index (χ0v) is 20.0. The molecule has 0 aromatic carbocycles. The molecule has 3 rings (SSSR count). The first-order chi connectivity index (χ1) is 14.9. The molecule has 1 atom stereocenters. The van der Waals surface area contributed by atoms with Crippen molar-refractivity contribution in [3.05, 3.63) is 41.2 Å². The van der Waals surface area contributed by atoms with E-state index in [2.05, 4.69) is 68.9 Å². The van der Waals surface area contributed by atoms with Gasteiger partial charge in [-0.25, -0.2) is 9.97 Å². The number of hydrogen-bond acceptors (Lipinski definition) is 5.